The SMILES string of the molecule is CC[C@@H](O)/C=C/[C@@H]1[C@H]2CC(=O)O[C@H]2C[C@H]1OB(P)P. The Balaban J connectivity index is 2.08. The highest BCUT2D eigenvalue weighted by Crippen LogP contribution is 2.44. The minimum Gasteiger partial charge on any atom is -0.462 e. The van der Waals surface area contributed by atoms with Crippen molar-refractivity contribution in [3.63, 3.8) is 0 Å². The van der Waals surface area contributed by atoms with Crippen LogP contribution in [-0.4, -0.2) is 35.7 Å². The van der Waals surface area contributed by atoms with Crippen molar-refractivity contribution in [2.45, 2.75) is 44.5 Å². The first-order valence-electron chi connectivity index (χ1n) is 6.73. The Labute approximate surface area is 119 Å². The average Bonchev–Trinajstić information content (AvgIpc) is 2.81. The van der Waals surface area contributed by atoms with Gasteiger partial charge >= 0.3 is 12.3 Å². The Hall–Kier alpha value is 0.0549. The van der Waals surface area contributed by atoms with Crippen molar-refractivity contribution in [2.24, 2.45) is 11.8 Å². The number of hydrogen-bond acceptors (Lipinski definition) is 4. The molecule has 1 heterocycles. The molecule has 1 aliphatic heterocycles. The summed E-state index contributed by atoms with van der Waals surface area (Å²) in [4.78, 5) is 11.4. The van der Waals surface area contributed by atoms with Crippen LogP contribution >= 0.6 is 18.2 Å². The standard InChI is InChI=1S/C12H21BO4P2/c1-2-7(14)3-4-8-9-5-12(15)16-10(9)6-11(8)17-13(18)19/h3-4,7-11,14H,2,5-6,18-19H2,1H3/b4-3+/t7-,8-,9-,10+,11-/m1/s1. The number of carbonyl (C=O) groups is 1. The fourth-order valence-corrected chi connectivity index (χ4v) is 3.31. The van der Waals surface area contributed by atoms with Crippen LogP contribution in [0.25, 0.3) is 0 Å². The van der Waals surface area contributed by atoms with E-state index < -0.39 is 6.10 Å². The maximum Gasteiger partial charge on any atom is 0.336 e. The Morgan fingerprint density at radius 2 is 2.37 bits per heavy atom. The van der Waals surface area contributed by atoms with Gasteiger partial charge in [0.2, 0.25) is 0 Å². The monoisotopic (exact) mass is 302 g/mol. The van der Waals surface area contributed by atoms with Crippen molar-refractivity contribution >= 4 is 30.6 Å². The zero-order valence-corrected chi connectivity index (χ0v) is 13.4. The lowest BCUT2D eigenvalue weighted by atomic mass is 9.91. The van der Waals surface area contributed by atoms with Gasteiger partial charge in [0.05, 0.1) is 18.6 Å². The number of ether oxygens (including phenoxy) is 1. The van der Waals surface area contributed by atoms with Crippen molar-refractivity contribution in [3.8, 4) is 0 Å². The lowest BCUT2D eigenvalue weighted by Gasteiger charge is -2.22. The molecule has 0 spiro atoms. The lowest BCUT2D eigenvalue weighted by Crippen LogP contribution is -2.24. The summed E-state index contributed by atoms with van der Waals surface area (Å²) < 4.78 is 11.2. The number of hydrogen-bond donors (Lipinski definition) is 1. The molecule has 2 unspecified atom stereocenters. The smallest absolute Gasteiger partial charge is 0.336 e. The molecule has 1 aliphatic carbocycles. The number of aliphatic hydroxyl groups is 1. The highest BCUT2D eigenvalue weighted by molar-refractivity contribution is 7.92. The molecule has 0 radical (unpaired) electrons. The van der Waals surface area contributed by atoms with E-state index in [9.17, 15) is 9.90 Å². The molecule has 0 amide bonds. The third kappa shape index (κ3) is 3.79. The van der Waals surface area contributed by atoms with Gasteiger partial charge in [0.25, 0.3) is 0 Å². The first kappa shape index (κ1) is 15.4. The Morgan fingerprint density at radius 1 is 1.63 bits per heavy atom. The van der Waals surface area contributed by atoms with Gasteiger partial charge in [-0.2, -0.15) is 0 Å². The fourth-order valence-electron chi connectivity index (χ4n) is 2.90. The summed E-state index contributed by atoms with van der Waals surface area (Å²) in [6, 6.07) is 0. The molecule has 0 bridgehead atoms. The van der Waals surface area contributed by atoms with E-state index in [1.807, 2.05) is 19.1 Å². The molecule has 19 heavy (non-hydrogen) atoms. The molecule has 1 N–H and O–H groups in total. The molecule has 2 fully saturated rings. The third-order valence-electron chi connectivity index (χ3n) is 3.86. The first-order valence-corrected chi connectivity index (χ1v) is 8.07. The quantitative estimate of drug-likeness (QED) is 0.361. The second-order valence-electron chi connectivity index (χ2n) is 5.21. The second-order valence-corrected chi connectivity index (χ2v) is 7.29. The van der Waals surface area contributed by atoms with Crippen LogP contribution in [0.2, 0.25) is 0 Å². The van der Waals surface area contributed by atoms with Crippen LogP contribution in [0, 0.1) is 11.8 Å². The van der Waals surface area contributed by atoms with Gasteiger partial charge in [-0.1, -0.05) is 19.1 Å². The maximum absolute atomic E-state index is 11.4. The number of fused-ring (bicyclic) bond motifs is 1. The van der Waals surface area contributed by atoms with E-state index in [1.54, 1.807) is 0 Å². The second kappa shape index (κ2) is 6.67. The highest BCUT2D eigenvalue weighted by atomic mass is 31.1. The number of esters is 1. The first-order chi connectivity index (χ1) is 9.01. The molecule has 0 aromatic heterocycles. The zero-order valence-electron chi connectivity index (χ0n) is 11.1. The molecular formula is C12H21BO4P2. The summed E-state index contributed by atoms with van der Waals surface area (Å²) in [6.45, 7) is 1.93. The predicted molar refractivity (Wildman–Crippen MR) is 81.6 cm³/mol. The van der Waals surface area contributed by atoms with Crippen LogP contribution in [0.5, 0.6) is 0 Å². The van der Waals surface area contributed by atoms with Crippen LogP contribution in [0.3, 0.4) is 0 Å². The molecule has 2 aliphatic rings. The number of rotatable bonds is 5. The molecule has 1 saturated carbocycles. The molecule has 1 saturated heterocycles. The van der Waals surface area contributed by atoms with E-state index in [-0.39, 0.29) is 36.4 Å². The van der Waals surface area contributed by atoms with Gasteiger partial charge in [-0.05, 0) is 6.42 Å². The molecule has 0 aromatic carbocycles. The van der Waals surface area contributed by atoms with E-state index >= 15 is 0 Å². The van der Waals surface area contributed by atoms with Gasteiger partial charge in [-0.15, -0.1) is 18.2 Å². The minimum atomic E-state index is -0.430. The van der Waals surface area contributed by atoms with Crippen LogP contribution in [-0.2, 0) is 14.2 Å². The molecule has 2 rings (SSSR count). The van der Waals surface area contributed by atoms with E-state index in [2.05, 4.69) is 18.2 Å². The van der Waals surface area contributed by atoms with E-state index in [4.69, 9.17) is 9.39 Å². The van der Waals surface area contributed by atoms with Gasteiger partial charge in [-0.25, -0.2) is 0 Å². The normalized spacial score (nSPS) is 35.5. The van der Waals surface area contributed by atoms with Gasteiger partial charge < -0.3 is 14.5 Å². The maximum atomic E-state index is 11.4. The van der Waals surface area contributed by atoms with E-state index in [0.29, 0.717) is 12.8 Å². The van der Waals surface area contributed by atoms with E-state index in [1.165, 1.54) is 0 Å². The van der Waals surface area contributed by atoms with Crippen LogP contribution in [0.15, 0.2) is 12.2 Å². The molecule has 0 aromatic rings. The average molecular weight is 302 g/mol. The minimum absolute atomic E-state index is 0.00785. The van der Waals surface area contributed by atoms with Gasteiger partial charge in [0, 0.05) is 18.3 Å². The summed E-state index contributed by atoms with van der Waals surface area (Å²) in [6.07, 6.45) is 5.28. The summed E-state index contributed by atoms with van der Waals surface area (Å²) in [5, 5.41) is 9.64. The third-order valence-corrected chi connectivity index (χ3v) is 4.17. The largest absolute Gasteiger partial charge is 0.462 e. The van der Waals surface area contributed by atoms with E-state index in [0.717, 1.165) is 6.42 Å². The number of aliphatic hydroxyl groups excluding tert-OH is 1. The van der Waals surface area contributed by atoms with Crippen molar-refractivity contribution < 1.29 is 19.3 Å². The van der Waals surface area contributed by atoms with Crippen molar-refractivity contribution in [3.05, 3.63) is 12.2 Å². The Morgan fingerprint density at radius 3 is 3.00 bits per heavy atom. The molecule has 106 valence electrons. The highest BCUT2D eigenvalue weighted by Gasteiger charge is 2.49. The summed E-state index contributed by atoms with van der Waals surface area (Å²) in [5.74, 6) is 0.212. The molecule has 7 heteroatoms. The van der Waals surface area contributed by atoms with Crippen LogP contribution < -0.4 is 0 Å². The van der Waals surface area contributed by atoms with Crippen molar-refractivity contribution in [1.29, 1.82) is 0 Å². The molecule has 7 atom stereocenters. The lowest BCUT2D eigenvalue weighted by molar-refractivity contribution is -0.141. The topological polar surface area (TPSA) is 55.8 Å². The van der Waals surface area contributed by atoms with Crippen molar-refractivity contribution in [1.82, 2.24) is 0 Å². The van der Waals surface area contributed by atoms with Crippen molar-refractivity contribution in [2.75, 3.05) is 0 Å². The van der Waals surface area contributed by atoms with Gasteiger partial charge in [0.1, 0.15) is 6.10 Å². The summed E-state index contributed by atoms with van der Waals surface area (Å²) >= 11 is 0. The Bertz CT molecular complexity index is 364. The number of carbonyl (C=O) groups excluding carboxylic acids is 1. The summed E-state index contributed by atoms with van der Waals surface area (Å²) in [5.41, 5.74) is 0. The zero-order chi connectivity index (χ0) is 14.0. The fraction of sp³-hybridized carbons (Fsp3) is 0.750. The summed E-state index contributed by atoms with van der Waals surface area (Å²) in [7, 11) is 5.18. The molecular weight excluding hydrogens is 281 g/mol. The predicted octanol–water partition coefficient (Wildman–Crippen LogP) is 1.39. The van der Waals surface area contributed by atoms with Gasteiger partial charge in [0.15, 0.2) is 0 Å². The van der Waals surface area contributed by atoms with Crippen LogP contribution in [0.4, 0.5) is 0 Å². The Kier molecular flexibility index (Phi) is 5.42. The van der Waals surface area contributed by atoms with Crippen LogP contribution in [0.1, 0.15) is 26.2 Å². The molecule has 4 nitrogen and oxygen atoms in total. The van der Waals surface area contributed by atoms with Gasteiger partial charge in [-0.3, -0.25) is 4.79 Å².